The lowest BCUT2D eigenvalue weighted by atomic mass is 9.98. The van der Waals surface area contributed by atoms with E-state index < -0.39 is 0 Å². The Balaban J connectivity index is 2.10. The Hall–Kier alpha value is 0.250. The standard InChI is InChI=1S/C11H22ClN/c1-10(2)3-6-13-7-4-11(9-12)5-8-13/h10-11H,3-9H2,1-2H3. The van der Waals surface area contributed by atoms with Crippen molar-refractivity contribution in [3.05, 3.63) is 0 Å². The van der Waals surface area contributed by atoms with Crippen LogP contribution in [-0.2, 0) is 0 Å². The Kier molecular flexibility index (Phi) is 5.12. The third kappa shape index (κ3) is 4.33. The monoisotopic (exact) mass is 203 g/mol. The molecule has 0 spiro atoms. The smallest absolute Gasteiger partial charge is 0.0252 e. The summed E-state index contributed by atoms with van der Waals surface area (Å²) in [4.78, 5) is 2.59. The first-order valence-corrected chi connectivity index (χ1v) is 6.04. The van der Waals surface area contributed by atoms with E-state index in [1.165, 1.54) is 38.9 Å². The summed E-state index contributed by atoms with van der Waals surface area (Å²) in [7, 11) is 0. The van der Waals surface area contributed by atoms with E-state index in [-0.39, 0.29) is 0 Å². The molecular weight excluding hydrogens is 182 g/mol. The van der Waals surface area contributed by atoms with Crippen LogP contribution in [0.25, 0.3) is 0 Å². The minimum atomic E-state index is 0.789. The van der Waals surface area contributed by atoms with Gasteiger partial charge in [-0.3, -0.25) is 0 Å². The lowest BCUT2D eigenvalue weighted by Crippen LogP contribution is -2.35. The molecule has 0 radical (unpaired) electrons. The van der Waals surface area contributed by atoms with Gasteiger partial charge in [0.15, 0.2) is 0 Å². The number of hydrogen-bond acceptors (Lipinski definition) is 1. The fourth-order valence-electron chi connectivity index (χ4n) is 1.81. The maximum Gasteiger partial charge on any atom is 0.0252 e. The van der Waals surface area contributed by atoms with Crippen LogP contribution in [0.1, 0.15) is 33.1 Å². The molecule has 78 valence electrons. The van der Waals surface area contributed by atoms with E-state index in [1.54, 1.807) is 0 Å². The summed E-state index contributed by atoms with van der Waals surface area (Å²) in [5, 5.41) is 0. The summed E-state index contributed by atoms with van der Waals surface area (Å²) in [6.45, 7) is 8.41. The molecule has 0 aromatic carbocycles. The van der Waals surface area contributed by atoms with Crippen LogP contribution in [0.5, 0.6) is 0 Å². The lowest BCUT2D eigenvalue weighted by molar-refractivity contribution is 0.185. The molecule has 1 aliphatic heterocycles. The number of nitrogens with zero attached hydrogens (tertiary/aromatic N) is 1. The molecule has 0 bridgehead atoms. The van der Waals surface area contributed by atoms with Crippen molar-refractivity contribution >= 4 is 11.6 Å². The molecule has 1 nitrogen and oxygen atoms in total. The van der Waals surface area contributed by atoms with E-state index in [0.717, 1.165) is 17.7 Å². The van der Waals surface area contributed by atoms with Crippen molar-refractivity contribution in [2.24, 2.45) is 11.8 Å². The van der Waals surface area contributed by atoms with Crippen molar-refractivity contribution in [2.75, 3.05) is 25.5 Å². The van der Waals surface area contributed by atoms with Gasteiger partial charge in [-0.15, -0.1) is 11.6 Å². The molecule has 1 fully saturated rings. The van der Waals surface area contributed by atoms with Gasteiger partial charge in [0, 0.05) is 5.88 Å². The van der Waals surface area contributed by atoms with Gasteiger partial charge in [-0.1, -0.05) is 13.8 Å². The van der Waals surface area contributed by atoms with E-state index in [9.17, 15) is 0 Å². The molecule has 2 heteroatoms. The summed E-state index contributed by atoms with van der Waals surface area (Å²) < 4.78 is 0. The Labute approximate surface area is 87.4 Å². The molecule has 0 unspecified atom stereocenters. The molecule has 1 heterocycles. The summed E-state index contributed by atoms with van der Waals surface area (Å²) >= 11 is 5.84. The Bertz CT molecular complexity index is 128. The summed E-state index contributed by atoms with van der Waals surface area (Å²) in [6.07, 6.45) is 3.95. The van der Waals surface area contributed by atoms with E-state index in [4.69, 9.17) is 11.6 Å². The molecule has 1 aliphatic rings. The lowest BCUT2D eigenvalue weighted by Gasteiger charge is -2.31. The van der Waals surface area contributed by atoms with E-state index in [2.05, 4.69) is 18.7 Å². The summed E-state index contributed by atoms with van der Waals surface area (Å²) in [5.41, 5.74) is 0. The first-order valence-electron chi connectivity index (χ1n) is 5.50. The molecule has 0 aliphatic carbocycles. The highest BCUT2D eigenvalue weighted by Crippen LogP contribution is 2.18. The number of hydrogen-bond donors (Lipinski definition) is 0. The van der Waals surface area contributed by atoms with Crippen molar-refractivity contribution < 1.29 is 0 Å². The quantitative estimate of drug-likeness (QED) is 0.636. The molecule has 1 rings (SSSR count). The molecule has 0 N–H and O–H groups in total. The number of halogens is 1. The highest BCUT2D eigenvalue weighted by atomic mass is 35.5. The molecule has 0 amide bonds. The third-order valence-corrected chi connectivity index (χ3v) is 3.38. The first kappa shape index (κ1) is 11.3. The zero-order chi connectivity index (χ0) is 9.68. The predicted octanol–water partition coefficient (Wildman–Crippen LogP) is 2.98. The number of piperidine rings is 1. The fraction of sp³-hybridized carbons (Fsp3) is 1.00. The minimum absolute atomic E-state index is 0.789. The van der Waals surface area contributed by atoms with Crippen molar-refractivity contribution in [3.8, 4) is 0 Å². The maximum atomic E-state index is 5.84. The third-order valence-electron chi connectivity index (χ3n) is 2.95. The van der Waals surface area contributed by atoms with Gasteiger partial charge in [0.25, 0.3) is 0 Å². The SMILES string of the molecule is CC(C)CCN1CCC(CCl)CC1. The average molecular weight is 204 g/mol. The van der Waals surface area contributed by atoms with Crippen molar-refractivity contribution in [1.82, 2.24) is 4.90 Å². The fourth-order valence-corrected chi connectivity index (χ4v) is 2.11. The van der Waals surface area contributed by atoms with Gasteiger partial charge in [-0.2, -0.15) is 0 Å². The molecule has 0 aromatic heterocycles. The molecule has 1 saturated heterocycles. The topological polar surface area (TPSA) is 3.24 Å². The van der Waals surface area contributed by atoms with Crippen molar-refractivity contribution in [3.63, 3.8) is 0 Å². The highest BCUT2D eigenvalue weighted by Gasteiger charge is 2.17. The molecule has 0 saturated carbocycles. The van der Waals surface area contributed by atoms with Gasteiger partial charge in [0.05, 0.1) is 0 Å². The molecule has 13 heavy (non-hydrogen) atoms. The molecule has 0 atom stereocenters. The van der Waals surface area contributed by atoms with Gasteiger partial charge in [0.2, 0.25) is 0 Å². The van der Waals surface area contributed by atoms with Crippen LogP contribution < -0.4 is 0 Å². The normalized spacial score (nSPS) is 21.2. The highest BCUT2D eigenvalue weighted by molar-refractivity contribution is 6.18. The number of rotatable bonds is 4. The predicted molar refractivity (Wildman–Crippen MR) is 59.3 cm³/mol. The Morgan fingerprint density at radius 3 is 2.38 bits per heavy atom. The van der Waals surface area contributed by atoms with Crippen LogP contribution >= 0.6 is 11.6 Å². The van der Waals surface area contributed by atoms with Crippen LogP contribution in [0.4, 0.5) is 0 Å². The van der Waals surface area contributed by atoms with Crippen LogP contribution in [-0.4, -0.2) is 30.4 Å². The van der Waals surface area contributed by atoms with E-state index >= 15 is 0 Å². The Morgan fingerprint density at radius 1 is 1.31 bits per heavy atom. The van der Waals surface area contributed by atoms with Gasteiger partial charge in [-0.05, 0) is 50.7 Å². The van der Waals surface area contributed by atoms with Gasteiger partial charge >= 0.3 is 0 Å². The van der Waals surface area contributed by atoms with Crippen LogP contribution in [0.2, 0.25) is 0 Å². The zero-order valence-electron chi connectivity index (χ0n) is 8.93. The Morgan fingerprint density at radius 2 is 1.92 bits per heavy atom. The van der Waals surface area contributed by atoms with E-state index in [0.29, 0.717) is 0 Å². The second-order valence-corrected chi connectivity index (χ2v) is 4.93. The van der Waals surface area contributed by atoms with Crippen molar-refractivity contribution in [1.29, 1.82) is 0 Å². The van der Waals surface area contributed by atoms with Crippen molar-refractivity contribution in [2.45, 2.75) is 33.1 Å². The summed E-state index contributed by atoms with van der Waals surface area (Å²) in [6, 6.07) is 0. The minimum Gasteiger partial charge on any atom is -0.303 e. The van der Waals surface area contributed by atoms with Gasteiger partial charge in [-0.25, -0.2) is 0 Å². The second kappa shape index (κ2) is 5.87. The van der Waals surface area contributed by atoms with Crippen LogP contribution in [0, 0.1) is 11.8 Å². The van der Waals surface area contributed by atoms with Gasteiger partial charge < -0.3 is 4.90 Å². The number of alkyl halides is 1. The van der Waals surface area contributed by atoms with Crippen LogP contribution in [0.15, 0.2) is 0 Å². The maximum absolute atomic E-state index is 5.84. The largest absolute Gasteiger partial charge is 0.303 e. The number of likely N-dealkylation sites (tertiary alicyclic amines) is 1. The zero-order valence-corrected chi connectivity index (χ0v) is 9.69. The second-order valence-electron chi connectivity index (χ2n) is 4.62. The van der Waals surface area contributed by atoms with E-state index in [1.807, 2.05) is 0 Å². The first-order chi connectivity index (χ1) is 6.22. The molecule has 0 aromatic rings. The molecular formula is C11H22ClN. The average Bonchev–Trinajstić information content (AvgIpc) is 2.15. The van der Waals surface area contributed by atoms with Gasteiger partial charge in [0.1, 0.15) is 0 Å². The van der Waals surface area contributed by atoms with Crippen LogP contribution in [0.3, 0.4) is 0 Å². The summed E-state index contributed by atoms with van der Waals surface area (Å²) in [5.74, 6) is 2.49.